The van der Waals surface area contributed by atoms with Crippen molar-refractivity contribution in [2.45, 2.75) is 45.7 Å². The van der Waals surface area contributed by atoms with Crippen LogP contribution in [0.3, 0.4) is 0 Å². The first-order chi connectivity index (χ1) is 12.9. The molecule has 3 rings (SSSR count). The smallest absolute Gasteiger partial charge is 0.321 e. The number of hydrogen-bond donors (Lipinski definition) is 1. The van der Waals surface area contributed by atoms with E-state index in [-0.39, 0.29) is 29.0 Å². The fourth-order valence-corrected chi connectivity index (χ4v) is 5.44. The zero-order valence-corrected chi connectivity index (χ0v) is 17.3. The van der Waals surface area contributed by atoms with E-state index >= 15 is 0 Å². The molecule has 1 atom stereocenters. The van der Waals surface area contributed by atoms with Gasteiger partial charge in [0.05, 0.1) is 22.6 Å². The predicted octanol–water partition coefficient (Wildman–Crippen LogP) is 2.12. The van der Waals surface area contributed by atoms with Crippen molar-refractivity contribution in [3.63, 3.8) is 0 Å². The highest BCUT2D eigenvalue weighted by Crippen LogP contribution is 2.31. The van der Waals surface area contributed by atoms with E-state index in [1.54, 1.807) is 33.8 Å². The molecule has 1 aromatic rings. The lowest BCUT2D eigenvalue weighted by molar-refractivity contribution is 0.0507. The first-order valence-corrected chi connectivity index (χ1v) is 11.1. The van der Waals surface area contributed by atoms with Crippen LogP contribution in [-0.4, -0.2) is 65.7 Å². The summed E-state index contributed by atoms with van der Waals surface area (Å²) in [6.45, 7) is 7.51. The van der Waals surface area contributed by atoms with Crippen LogP contribution in [0.15, 0.2) is 18.2 Å². The first kappa shape index (κ1) is 20.3. The lowest BCUT2D eigenvalue weighted by Crippen LogP contribution is -2.45. The van der Waals surface area contributed by atoms with E-state index in [0.717, 1.165) is 0 Å². The van der Waals surface area contributed by atoms with Gasteiger partial charge in [0.15, 0.2) is 9.84 Å². The van der Waals surface area contributed by atoms with E-state index in [1.807, 2.05) is 0 Å². The third kappa shape index (κ3) is 3.63. The monoisotopic (exact) mass is 407 g/mol. The maximum Gasteiger partial charge on any atom is 0.322 e. The van der Waals surface area contributed by atoms with Crippen molar-refractivity contribution in [3.8, 4) is 0 Å². The Kier molecular flexibility index (Phi) is 4.99. The number of rotatable bonds is 3. The molecule has 4 amide bonds. The van der Waals surface area contributed by atoms with Gasteiger partial charge in [0.2, 0.25) is 0 Å². The SMILES string of the molecule is CCN(C(=O)Nc1ccc2c(c1)C(=O)N(C(C)(C)C)C2=O)C1CCS(=O)(=O)C1. The normalized spacial score (nSPS) is 21.0. The molecule has 1 unspecified atom stereocenters. The molecule has 8 nitrogen and oxygen atoms in total. The van der Waals surface area contributed by atoms with Gasteiger partial charge in [0.1, 0.15) is 0 Å². The highest BCUT2D eigenvalue weighted by Gasteiger charge is 2.42. The standard InChI is InChI=1S/C19H25N3O5S/c1-5-21(13-8-9-28(26,27)11-13)18(25)20-12-6-7-14-15(10-12)17(24)22(16(14)23)19(2,3)4/h6-7,10,13H,5,8-9,11H2,1-4H3,(H,20,25). The summed E-state index contributed by atoms with van der Waals surface area (Å²) >= 11 is 0. The van der Waals surface area contributed by atoms with Crippen molar-refractivity contribution in [2.75, 3.05) is 23.4 Å². The number of nitrogens with one attached hydrogen (secondary N) is 1. The van der Waals surface area contributed by atoms with Crippen LogP contribution in [0.5, 0.6) is 0 Å². The van der Waals surface area contributed by atoms with Gasteiger partial charge in [-0.3, -0.25) is 14.5 Å². The number of sulfone groups is 1. The number of fused-ring (bicyclic) bond motifs is 1. The molecule has 0 saturated carbocycles. The van der Waals surface area contributed by atoms with E-state index in [2.05, 4.69) is 5.32 Å². The fourth-order valence-electron chi connectivity index (χ4n) is 3.71. The van der Waals surface area contributed by atoms with Gasteiger partial charge in [0.25, 0.3) is 11.8 Å². The van der Waals surface area contributed by atoms with Crippen LogP contribution in [0.25, 0.3) is 0 Å². The minimum absolute atomic E-state index is 0.0357. The Hall–Kier alpha value is -2.42. The quantitative estimate of drug-likeness (QED) is 0.773. The number of amides is 4. The van der Waals surface area contributed by atoms with Crippen LogP contribution in [-0.2, 0) is 9.84 Å². The molecule has 0 radical (unpaired) electrons. The number of anilines is 1. The minimum Gasteiger partial charge on any atom is -0.321 e. The van der Waals surface area contributed by atoms with Crippen LogP contribution in [0.2, 0.25) is 0 Å². The zero-order chi connectivity index (χ0) is 20.9. The average molecular weight is 407 g/mol. The van der Waals surface area contributed by atoms with E-state index < -0.39 is 27.3 Å². The summed E-state index contributed by atoms with van der Waals surface area (Å²) in [5.74, 6) is -0.694. The van der Waals surface area contributed by atoms with Gasteiger partial charge < -0.3 is 10.2 Å². The van der Waals surface area contributed by atoms with E-state index in [1.165, 1.54) is 21.9 Å². The molecule has 28 heavy (non-hydrogen) atoms. The highest BCUT2D eigenvalue weighted by atomic mass is 32.2. The summed E-state index contributed by atoms with van der Waals surface area (Å²) in [5.41, 5.74) is 0.306. The maximum atomic E-state index is 12.7. The Morgan fingerprint density at radius 1 is 1.21 bits per heavy atom. The number of benzene rings is 1. The van der Waals surface area contributed by atoms with Crippen LogP contribution < -0.4 is 5.32 Å². The van der Waals surface area contributed by atoms with Gasteiger partial charge in [0, 0.05) is 23.8 Å². The number of urea groups is 1. The summed E-state index contributed by atoms with van der Waals surface area (Å²) < 4.78 is 23.4. The Morgan fingerprint density at radius 3 is 2.39 bits per heavy atom. The van der Waals surface area contributed by atoms with Gasteiger partial charge in [-0.15, -0.1) is 0 Å². The molecule has 1 N–H and O–H groups in total. The summed E-state index contributed by atoms with van der Waals surface area (Å²) in [4.78, 5) is 40.6. The van der Waals surface area contributed by atoms with E-state index in [4.69, 9.17) is 0 Å². The van der Waals surface area contributed by atoms with Gasteiger partial charge in [-0.05, 0) is 52.3 Å². The average Bonchev–Trinajstić information content (AvgIpc) is 3.05. The minimum atomic E-state index is -3.11. The number of carbonyl (C=O) groups excluding carboxylic acids is 3. The third-order valence-electron chi connectivity index (χ3n) is 5.06. The first-order valence-electron chi connectivity index (χ1n) is 9.25. The molecule has 2 heterocycles. The molecule has 2 aliphatic heterocycles. The lowest BCUT2D eigenvalue weighted by atomic mass is 10.1. The molecule has 0 spiro atoms. The Labute approximate surface area is 164 Å². The summed E-state index contributed by atoms with van der Waals surface area (Å²) in [6.07, 6.45) is 0.418. The van der Waals surface area contributed by atoms with Crippen LogP contribution in [0.4, 0.5) is 10.5 Å². The van der Waals surface area contributed by atoms with Gasteiger partial charge in [-0.2, -0.15) is 0 Å². The van der Waals surface area contributed by atoms with Gasteiger partial charge in [-0.1, -0.05) is 0 Å². The van der Waals surface area contributed by atoms with Crippen molar-refractivity contribution < 1.29 is 22.8 Å². The third-order valence-corrected chi connectivity index (χ3v) is 6.81. The second-order valence-corrected chi connectivity index (χ2v) is 10.4. The van der Waals surface area contributed by atoms with Crippen molar-refractivity contribution in [3.05, 3.63) is 29.3 Å². The molecule has 2 aliphatic rings. The van der Waals surface area contributed by atoms with Crippen molar-refractivity contribution in [1.29, 1.82) is 0 Å². The van der Waals surface area contributed by atoms with Gasteiger partial charge in [-0.25, -0.2) is 13.2 Å². The molecule has 1 fully saturated rings. The van der Waals surface area contributed by atoms with Crippen LogP contribution in [0, 0.1) is 0 Å². The van der Waals surface area contributed by atoms with E-state index in [9.17, 15) is 22.8 Å². The summed E-state index contributed by atoms with van der Waals surface area (Å²) in [7, 11) is -3.11. The van der Waals surface area contributed by atoms with Crippen molar-refractivity contribution in [1.82, 2.24) is 9.80 Å². The molecule has 1 saturated heterocycles. The summed E-state index contributed by atoms with van der Waals surface area (Å²) in [6, 6.07) is 3.83. The molecular formula is C19H25N3O5S. The number of nitrogens with zero attached hydrogens (tertiary/aromatic N) is 2. The molecule has 9 heteroatoms. The fraction of sp³-hybridized carbons (Fsp3) is 0.526. The molecule has 0 bridgehead atoms. The lowest BCUT2D eigenvalue weighted by Gasteiger charge is -2.29. The van der Waals surface area contributed by atoms with Crippen LogP contribution in [0.1, 0.15) is 54.8 Å². The number of hydrogen-bond acceptors (Lipinski definition) is 5. The topological polar surface area (TPSA) is 104 Å². The number of carbonyl (C=O) groups is 3. The second-order valence-electron chi connectivity index (χ2n) is 8.15. The summed E-state index contributed by atoms with van der Waals surface area (Å²) in [5, 5.41) is 2.73. The highest BCUT2D eigenvalue weighted by molar-refractivity contribution is 7.91. The predicted molar refractivity (Wildman–Crippen MR) is 105 cm³/mol. The zero-order valence-electron chi connectivity index (χ0n) is 16.5. The second kappa shape index (κ2) is 6.88. The molecular weight excluding hydrogens is 382 g/mol. The van der Waals surface area contributed by atoms with Crippen molar-refractivity contribution in [2.24, 2.45) is 0 Å². The molecule has 0 aliphatic carbocycles. The Balaban J connectivity index is 1.80. The van der Waals surface area contributed by atoms with Gasteiger partial charge >= 0.3 is 6.03 Å². The maximum absolute atomic E-state index is 12.7. The molecule has 1 aromatic carbocycles. The Morgan fingerprint density at radius 2 is 1.86 bits per heavy atom. The van der Waals surface area contributed by atoms with Crippen LogP contribution >= 0.6 is 0 Å². The molecule has 0 aromatic heterocycles. The number of imide groups is 1. The van der Waals surface area contributed by atoms with E-state index in [0.29, 0.717) is 24.2 Å². The Bertz CT molecular complexity index is 949. The van der Waals surface area contributed by atoms with Crippen molar-refractivity contribution >= 4 is 33.4 Å². The molecule has 152 valence electrons. The largest absolute Gasteiger partial charge is 0.322 e.